The van der Waals surface area contributed by atoms with Gasteiger partial charge in [0, 0.05) is 94.6 Å². The van der Waals surface area contributed by atoms with E-state index in [1.54, 1.807) is 0 Å². The maximum Gasteiger partial charge on any atom is 0.213 e. The van der Waals surface area contributed by atoms with E-state index >= 15 is 0 Å². The first-order chi connectivity index (χ1) is 25.5. The van der Waals surface area contributed by atoms with Gasteiger partial charge in [-0.25, -0.2) is 9.13 Å². The molecule has 4 heterocycles. The highest BCUT2D eigenvalue weighted by Gasteiger charge is 2.44. The molecule has 1 atom stereocenters. The Morgan fingerprint density at radius 2 is 1.38 bits per heavy atom. The number of nitrogens with zero attached hydrogens (tertiary/aromatic N) is 4. The Kier molecular flexibility index (Phi) is 9.74. The average molecular weight is 698 g/mol. The Morgan fingerprint density at radius 1 is 0.717 bits per heavy atom. The molecule has 0 amide bonds. The summed E-state index contributed by atoms with van der Waals surface area (Å²) in [5.74, 6) is 0.498. The molecule has 3 aromatic carbocycles. The number of hydrogen-bond acceptors (Lipinski definition) is 0. The van der Waals surface area contributed by atoms with Crippen LogP contribution in [0.15, 0.2) is 134 Å². The molecule has 0 spiro atoms. The molecule has 0 fully saturated rings. The first kappa shape index (κ1) is 35.8. The summed E-state index contributed by atoms with van der Waals surface area (Å²) in [6.07, 6.45) is 9.49. The number of aromatic nitrogens is 4. The lowest BCUT2D eigenvalue weighted by atomic mass is 9.78. The van der Waals surface area contributed by atoms with Crippen molar-refractivity contribution in [2.45, 2.75) is 60.0 Å². The number of aryl methyl sites for hydroxylation is 4. The highest BCUT2D eigenvalue weighted by Crippen LogP contribution is 2.41. The highest BCUT2D eigenvalue weighted by atomic mass is 15.1. The van der Waals surface area contributed by atoms with Gasteiger partial charge in [-0.2, -0.15) is 4.57 Å². The third-order valence-corrected chi connectivity index (χ3v) is 11.1. The lowest BCUT2D eigenvalue weighted by Gasteiger charge is -2.30. The molecule has 0 N–H and O–H groups in total. The van der Waals surface area contributed by atoms with Crippen LogP contribution in [0.2, 0.25) is 0 Å². The number of hydrogen-bond donors (Lipinski definition) is 0. The van der Waals surface area contributed by atoms with Crippen molar-refractivity contribution in [1.82, 2.24) is 4.57 Å². The van der Waals surface area contributed by atoms with E-state index in [1.165, 1.54) is 78.2 Å². The Labute approximate surface area is 316 Å². The van der Waals surface area contributed by atoms with Crippen molar-refractivity contribution in [3.63, 3.8) is 0 Å². The lowest BCUT2D eigenvalue weighted by Crippen LogP contribution is -2.58. The predicted molar refractivity (Wildman–Crippen MR) is 219 cm³/mol. The standard InChI is InChI=1S/C49H53N4/c1-10-39-37(6)52(32-34(2)3)48-30-43(46-26-25-35(4)33-51(46)9)44(29-42(39)48)49(7,53-28-18-16-24-47(53)40-21-13-11-19-36(40)5)31-38-20-12-14-22-41(38)45-23-15-17-27-50(45)8/h10-30,33-34H,1,31-32H2,2-9H3/q+3. The molecular weight excluding hydrogens is 645 g/mol. The van der Waals surface area contributed by atoms with E-state index < -0.39 is 5.54 Å². The third kappa shape index (κ3) is 6.52. The van der Waals surface area contributed by atoms with Gasteiger partial charge < -0.3 is 4.57 Å². The topological polar surface area (TPSA) is 16.6 Å². The van der Waals surface area contributed by atoms with E-state index in [2.05, 4.69) is 214 Å². The minimum absolute atomic E-state index is 0.498. The van der Waals surface area contributed by atoms with Crippen molar-refractivity contribution in [1.29, 1.82) is 0 Å². The van der Waals surface area contributed by atoms with Gasteiger partial charge in [0.1, 0.15) is 14.1 Å². The molecule has 266 valence electrons. The second kappa shape index (κ2) is 14.4. The minimum atomic E-state index is -0.545. The molecule has 7 aromatic rings. The second-order valence-electron chi connectivity index (χ2n) is 15.4. The predicted octanol–water partition coefficient (Wildman–Crippen LogP) is 9.81. The van der Waals surface area contributed by atoms with Crippen molar-refractivity contribution in [3.05, 3.63) is 168 Å². The van der Waals surface area contributed by atoms with Crippen molar-refractivity contribution in [2.75, 3.05) is 0 Å². The summed E-state index contributed by atoms with van der Waals surface area (Å²) in [6, 6.07) is 40.3. The van der Waals surface area contributed by atoms with Crippen LogP contribution in [0.25, 0.3) is 50.8 Å². The summed E-state index contributed by atoms with van der Waals surface area (Å²) < 4.78 is 9.58. The van der Waals surface area contributed by atoms with Gasteiger partial charge in [0.05, 0.1) is 5.56 Å². The Balaban J connectivity index is 1.62. The Bertz CT molecular complexity index is 2480. The summed E-state index contributed by atoms with van der Waals surface area (Å²) in [7, 11) is 4.32. The normalized spacial score (nSPS) is 12.7. The minimum Gasteiger partial charge on any atom is -0.344 e. The molecule has 0 radical (unpaired) electrons. The second-order valence-corrected chi connectivity index (χ2v) is 15.4. The van der Waals surface area contributed by atoms with E-state index in [0.717, 1.165) is 13.0 Å². The Hall–Kier alpha value is -5.61. The van der Waals surface area contributed by atoms with Gasteiger partial charge in [-0.1, -0.05) is 62.9 Å². The van der Waals surface area contributed by atoms with Crippen molar-refractivity contribution in [3.8, 4) is 33.8 Å². The summed E-state index contributed by atoms with van der Waals surface area (Å²) in [4.78, 5) is 0. The average Bonchev–Trinajstić information content (AvgIpc) is 3.40. The molecule has 4 heteroatoms. The maximum absolute atomic E-state index is 4.35. The van der Waals surface area contributed by atoms with E-state index in [1.807, 2.05) is 0 Å². The van der Waals surface area contributed by atoms with E-state index in [4.69, 9.17) is 0 Å². The molecule has 53 heavy (non-hydrogen) atoms. The quantitative estimate of drug-likeness (QED) is 0.127. The van der Waals surface area contributed by atoms with Crippen LogP contribution in [0, 0.1) is 26.7 Å². The smallest absolute Gasteiger partial charge is 0.213 e. The summed E-state index contributed by atoms with van der Waals surface area (Å²) in [5, 5.41) is 1.25. The van der Waals surface area contributed by atoms with Gasteiger partial charge >= 0.3 is 0 Å². The van der Waals surface area contributed by atoms with E-state index in [0.29, 0.717) is 5.92 Å². The van der Waals surface area contributed by atoms with Crippen LogP contribution in [-0.4, -0.2) is 4.57 Å². The molecular formula is C49H53N4+3. The monoisotopic (exact) mass is 697 g/mol. The first-order valence-corrected chi connectivity index (χ1v) is 18.9. The van der Waals surface area contributed by atoms with Gasteiger partial charge in [0.25, 0.3) is 0 Å². The zero-order chi connectivity index (χ0) is 37.4. The van der Waals surface area contributed by atoms with Gasteiger partial charge in [0.15, 0.2) is 24.1 Å². The number of pyridine rings is 3. The Morgan fingerprint density at radius 3 is 2.08 bits per heavy atom. The van der Waals surface area contributed by atoms with E-state index in [9.17, 15) is 0 Å². The zero-order valence-electron chi connectivity index (χ0n) is 32.7. The molecule has 0 aliphatic carbocycles. The SMILES string of the molecule is C=Cc1c(C)n(CC(C)C)c2cc(-c3ccc(C)c[n+]3C)c(C(C)(Cc3ccccc3-c3cccc[n+]3C)[n+]3ccccc3-c3ccccc3C)cc12. The van der Waals surface area contributed by atoms with Crippen LogP contribution in [0.4, 0.5) is 0 Å². The van der Waals surface area contributed by atoms with Crippen LogP contribution in [0.5, 0.6) is 0 Å². The molecule has 0 aliphatic rings. The first-order valence-electron chi connectivity index (χ1n) is 18.9. The van der Waals surface area contributed by atoms with Crippen LogP contribution in [0.3, 0.4) is 0 Å². The molecule has 7 rings (SSSR count). The van der Waals surface area contributed by atoms with Crippen LogP contribution < -0.4 is 13.7 Å². The lowest BCUT2D eigenvalue weighted by molar-refractivity contribution is -0.741. The summed E-state index contributed by atoms with van der Waals surface area (Å²) in [6.45, 7) is 19.0. The number of benzene rings is 3. The van der Waals surface area contributed by atoms with Crippen LogP contribution >= 0.6 is 0 Å². The molecule has 4 aromatic heterocycles. The van der Waals surface area contributed by atoms with Gasteiger partial charge in [-0.3, -0.25) is 0 Å². The molecule has 0 saturated heterocycles. The van der Waals surface area contributed by atoms with Crippen molar-refractivity contribution >= 4 is 17.0 Å². The van der Waals surface area contributed by atoms with Crippen LogP contribution in [0.1, 0.15) is 54.3 Å². The van der Waals surface area contributed by atoms with Gasteiger partial charge in [-0.05, 0) is 80.3 Å². The highest BCUT2D eigenvalue weighted by molar-refractivity contribution is 5.95. The fourth-order valence-corrected chi connectivity index (χ4v) is 8.45. The molecule has 1 unspecified atom stereocenters. The van der Waals surface area contributed by atoms with Gasteiger partial charge in [-0.15, -0.1) is 0 Å². The number of rotatable bonds is 10. The zero-order valence-corrected chi connectivity index (χ0v) is 32.7. The van der Waals surface area contributed by atoms with Gasteiger partial charge in [0.2, 0.25) is 17.1 Å². The largest absolute Gasteiger partial charge is 0.344 e. The van der Waals surface area contributed by atoms with Crippen molar-refractivity contribution in [2.24, 2.45) is 20.0 Å². The molecule has 0 saturated carbocycles. The molecule has 4 nitrogen and oxygen atoms in total. The fourth-order valence-electron chi connectivity index (χ4n) is 8.45. The number of fused-ring (bicyclic) bond motifs is 1. The van der Waals surface area contributed by atoms with Crippen LogP contribution in [-0.2, 0) is 32.6 Å². The maximum atomic E-state index is 4.35. The van der Waals surface area contributed by atoms with Crippen molar-refractivity contribution < 1.29 is 13.7 Å². The van der Waals surface area contributed by atoms with E-state index in [-0.39, 0.29) is 0 Å². The summed E-state index contributed by atoms with van der Waals surface area (Å²) >= 11 is 0. The third-order valence-electron chi connectivity index (χ3n) is 11.1. The molecule has 0 bridgehead atoms. The fraction of sp³-hybridized carbons (Fsp3) is 0.245. The molecule has 0 aliphatic heterocycles. The summed E-state index contributed by atoms with van der Waals surface area (Å²) in [5.41, 5.74) is 15.5.